The SMILES string of the molecule is CC(C(=O)N[C@H]1CCCCC[C@H]1C(=O)O)c1c(F)cccc1F. The number of benzene rings is 1. The normalized spacial score (nSPS) is 22.9. The molecule has 1 aliphatic rings. The second-order valence-electron chi connectivity index (χ2n) is 6.05. The summed E-state index contributed by atoms with van der Waals surface area (Å²) in [6.45, 7) is 1.42. The molecule has 1 aliphatic carbocycles. The molecule has 1 unspecified atom stereocenters. The number of carbonyl (C=O) groups is 2. The molecule has 6 heteroatoms. The molecule has 0 aromatic heterocycles. The molecule has 23 heavy (non-hydrogen) atoms. The number of nitrogens with one attached hydrogen (secondary N) is 1. The number of halogens is 2. The van der Waals surface area contributed by atoms with Gasteiger partial charge in [0.25, 0.3) is 0 Å². The molecule has 2 rings (SSSR count). The summed E-state index contributed by atoms with van der Waals surface area (Å²) in [5.74, 6) is -4.71. The van der Waals surface area contributed by atoms with E-state index in [1.54, 1.807) is 0 Å². The zero-order valence-electron chi connectivity index (χ0n) is 13.0. The molecule has 4 nitrogen and oxygen atoms in total. The maximum Gasteiger partial charge on any atom is 0.308 e. The molecule has 0 aliphatic heterocycles. The van der Waals surface area contributed by atoms with Gasteiger partial charge < -0.3 is 10.4 Å². The lowest BCUT2D eigenvalue weighted by Crippen LogP contribution is -2.44. The van der Waals surface area contributed by atoms with E-state index in [4.69, 9.17) is 0 Å². The third kappa shape index (κ3) is 4.06. The molecule has 2 N–H and O–H groups in total. The largest absolute Gasteiger partial charge is 0.481 e. The Morgan fingerprint density at radius 3 is 2.39 bits per heavy atom. The minimum atomic E-state index is -1.02. The summed E-state index contributed by atoms with van der Waals surface area (Å²) in [5.41, 5.74) is -0.287. The van der Waals surface area contributed by atoms with Crippen molar-refractivity contribution in [3.8, 4) is 0 Å². The van der Waals surface area contributed by atoms with Gasteiger partial charge in [-0.25, -0.2) is 8.78 Å². The van der Waals surface area contributed by atoms with Gasteiger partial charge in [0.05, 0.1) is 11.8 Å². The lowest BCUT2D eigenvalue weighted by molar-refractivity contribution is -0.143. The lowest BCUT2D eigenvalue weighted by Gasteiger charge is -2.25. The highest BCUT2D eigenvalue weighted by Crippen LogP contribution is 2.26. The number of carboxylic acid groups (broad SMARTS) is 1. The number of hydrogen-bond acceptors (Lipinski definition) is 2. The first kappa shape index (κ1) is 17.4. The summed E-state index contributed by atoms with van der Waals surface area (Å²) in [7, 11) is 0. The number of aliphatic carboxylic acids is 1. The van der Waals surface area contributed by atoms with E-state index in [0.717, 1.165) is 31.4 Å². The highest BCUT2D eigenvalue weighted by atomic mass is 19.1. The Bertz CT molecular complexity index is 571. The Hall–Kier alpha value is -1.98. The molecule has 126 valence electrons. The predicted octanol–water partition coefficient (Wildman–Crippen LogP) is 3.22. The molecule has 1 saturated carbocycles. The Morgan fingerprint density at radius 2 is 1.78 bits per heavy atom. The van der Waals surface area contributed by atoms with Crippen LogP contribution in [0.1, 0.15) is 50.5 Å². The number of carboxylic acids is 1. The van der Waals surface area contributed by atoms with Gasteiger partial charge in [-0.3, -0.25) is 9.59 Å². The highest BCUT2D eigenvalue weighted by molar-refractivity contribution is 5.84. The van der Waals surface area contributed by atoms with Crippen molar-refractivity contribution in [3.63, 3.8) is 0 Å². The summed E-state index contributed by atoms with van der Waals surface area (Å²) >= 11 is 0. The quantitative estimate of drug-likeness (QED) is 0.835. The van der Waals surface area contributed by atoms with Crippen LogP contribution in [0.2, 0.25) is 0 Å². The van der Waals surface area contributed by atoms with Crippen molar-refractivity contribution in [2.24, 2.45) is 5.92 Å². The van der Waals surface area contributed by atoms with Crippen LogP contribution < -0.4 is 5.32 Å². The van der Waals surface area contributed by atoms with Crippen LogP contribution in [0.4, 0.5) is 8.78 Å². The summed E-state index contributed by atoms with van der Waals surface area (Å²) in [6, 6.07) is 2.95. The first-order valence-corrected chi connectivity index (χ1v) is 7.89. The van der Waals surface area contributed by atoms with Gasteiger partial charge >= 0.3 is 5.97 Å². The van der Waals surface area contributed by atoms with Crippen molar-refractivity contribution < 1.29 is 23.5 Å². The van der Waals surface area contributed by atoms with E-state index in [2.05, 4.69) is 5.32 Å². The second kappa shape index (κ2) is 7.53. The lowest BCUT2D eigenvalue weighted by atomic mass is 9.93. The minimum absolute atomic E-state index is 0.287. The fraction of sp³-hybridized carbons (Fsp3) is 0.529. The molecule has 0 bridgehead atoms. The topological polar surface area (TPSA) is 66.4 Å². The fourth-order valence-corrected chi connectivity index (χ4v) is 3.14. The summed E-state index contributed by atoms with van der Waals surface area (Å²) in [5, 5.41) is 12.0. The highest BCUT2D eigenvalue weighted by Gasteiger charge is 2.32. The van der Waals surface area contributed by atoms with Gasteiger partial charge in [-0.1, -0.05) is 25.3 Å². The Labute approximate surface area is 133 Å². The average molecular weight is 325 g/mol. The van der Waals surface area contributed by atoms with Crippen molar-refractivity contribution in [3.05, 3.63) is 35.4 Å². The van der Waals surface area contributed by atoms with E-state index in [9.17, 15) is 23.5 Å². The average Bonchev–Trinajstić information content (AvgIpc) is 2.72. The maximum absolute atomic E-state index is 13.8. The van der Waals surface area contributed by atoms with Crippen LogP contribution in [-0.4, -0.2) is 23.0 Å². The zero-order chi connectivity index (χ0) is 17.0. The van der Waals surface area contributed by atoms with Gasteiger partial charge in [-0.2, -0.15) is 0 Å². The summed E-state index contributed by atoms with van der Waals surface area (Å²) in [4.78, 5) is 23.7. The van der Waals surface area contributed by atoms with Crippen molar-refractivity contribution in [2.45, 2.75) is 51.0 Å². The van der Waals surface area contributed by atoms with Gasteiger partial charge in [-0.05, 0) is 31.9 Å². The van der Waals surface area contributed by atoms with Crippen LogP contribution in [-0.2, 0) is 9.59 Å². The van der Waals surface area contributed by atoms with Gasteiger partial charge in [0.2, 0.25) is 5.91 Å². The Kier molecular flexibility index (Phi) is 5.69. The van der Waals surface area contributed by atoms with Crippen molar-refractivity contribution in [1.82, 2.24) is 5.32 Å². The maximum atomic E-state index is 13.8. The van der Waals surface area contributed by atoms with Crippen molar-refractivity contribution in [2.75, 3.05) is 0 Å². The van der Waals surface area contributed by atoms with E-state index in [-0.39, 0.29) is 5.56 Å². The number of rotatable bonds is 4. The third-order valence-corrected chi connectivity index (χ3v) is 4.49. The Morgan fingerprint density at radius 1 is 1.17 bits per heavy atom. The van der Waals surface area contributed by atoms with Crippen LogP contribution in [0.25, 0.3) is 0 Å². The molecule has 0 saturated heterocycles. The number of carbonyl (C=O) groups excluding carboxylic acids is 1. The number of hydrogen-bond donors (Lipinski definition) is 2. The molecule has 1 aromatic carbocycles. The standard InChI is InChI=1S/C17H21F2NO3/c1-10(15-12(18)7-5-8-13(15)19)16(21)20-14-9-4-2-3-6-11(14)17(22)23/h5,7-8,10-11,14H,2-4,6,9H2,1H3,(H,20,21)(H,22,23)/t10?,11-,14+/m1/s1. The molecule has 1 amide bonds. The van der Waals surface area contributed by atoms with E-state index in [1.165, 1.54) is 13.0 Å². The van der Waals surface area contributed by atoms with Crippen LogP contribution in [0.15, 0.2) is 18.2 Å². The smallest absolute Gasteiger partial charge is 0.308 e. The first-order chi connectivity index (χ1) is 10.9. The monoisotopic (exact) mass is 325 g/mol. The summed E-state index contributed by atoms with van der Waals surface area (Å²) < 4.78 is 27.6. The molecular weight excluding hydrogens is 304 g/mol. The van der Waals surface area contributed by atoms with Gasteiger partial charge in [0.1, 0.15) is 11.6 Å². The van der Waals surface area contributed by atoms with E-state index in [0.29, 0.717) is 12.8 Å². The second-order valence-corrected chi connectivity index (χ2v) is 6.05. The van der Waals surface area contributed by atoms with Gasteiger partial charge in [0.15, 0.2) is 0 Å². The molecular formula is C17H21F2NO3. The summed E-state index contributed by atoms with van der Waals surface area (Å²) in [6.07, 6.45) is 3.63. The molecule has 0 radical (unpaired) electrons. The van der Waals surface area contributed by atoms with E-state index in [1.807, 2.05) is 0 Å². The van der Waals surface area contributed by atoms with Crippen LogP contribution >= 0.6 is 0 Å². The van der Waals surface area contributed by atoms with Gasteiger partial charge in [-0.15, -0.1) is 0 Å². The molecule has 1 aromatic rings. The van der Waals surface area contributed by atoms with Gasteiger partial charge in [0, 0.05) is 11.6 Å². The van der Waals surface area contributed by atoms with Crippen LogP contribution in [0, 0.1) is 17.6 Å². The number of amides is 1. The minimum Gasteiger partial charge on any atom is -0.481 e. The molecule has 0 spiro atoms. The fourth-order valence-electron chi connectivity index (χ4n) is 3.14. The van der Waals surface area contributed by atoms with Crippen LogP contribution in [0.3, 0.4) is 0 Å². The zero-order valence-corrected chi connectivity index (χ0v) is 13.0. The molecule has 3 atom stereocenters. The first-order valence-electron chi connectivity index (χ1n) is 7.89. The predicted molar refractivity (Wildman–Crippen MR) is 80.9 cm³/mol. The van der Waals surface area contributed by atoms with Crippen LogP contribution in [0.5, 0.6) is 0 Å². The van der Waals surface area contributed by atoms with Crippen molar-refractivity contribution >= 4 is 11.9 Å². The van der Waals surface area contributed by atoms with Crippen molar-refractivity contribution in [1.29, 1.82) is 0 Å². The molecule has 1 fully saturated rings. The third-order valence-electron chi connectivity index (χ3n) is 4.49. The Balaban J connectivity index is 2.14. The molecule has 0 heterocycles. The van der Waals surface area contributed by atoms with E-state index < -0.39 is 41.4 Å². The van der Waals surface area contributed by atoms with E-state index >= 15 is 0 Å².